The van der Waals surface area contributed by atoms with Gasteiger partial charge in [-0.3, -0.25) is 9.59 Å². The van der Waals surface area contributed by atoms with Crippen LogP contribution in [0.4, 0.5) is 0 Å². The van der Waals surface area contributed by atoms with Crippen molar-refractivity contribution in [1.82, 2.24) is 0 Å². The monoisotopic (exact) mass is 460 g/mol. The number of fused-ring (bicyclic) bond motifs is 1. The summed E-state index contributed by atoms with van der Waals surface area (Å²) in [6.45, 7) is 8.74. The molecule has 0 unspecified atom stereocenters. The van der Waals surface area contributed by atoms with E-state index in [-0.39, 0.29) is 45.6 Å². The molecular formula is C24H28O9. The van der Waals surface area contributed by atoms with Crippen LogP contribution in [0.1, 0.15) is 50.0 Å². The Hall–Kier alpha value is -3.33. The van der Waals surface area contributed by atoms with Crippen molar-refractivity contribution in [2.75, 3.05) is 0 Å². The summed E-state index contributed by atoms with van der Waals surface area (Å²) >= 11 is 0. The van der Waals surface area contributed by atoms with Crippen molar-refractivity contribution in [3.05, 3.63) is 39.5 Å². The van der Waals surface area contributed by atoms with Crippen molar-refractivity contribution in [1.29, 1.82) is 0 Å². The number of hydrogen-bond acceptors (Lipinski definition) is 8. The highest BCUT2D eigenvalue weighted by Gasteiger charge is 2.44. The van der Waals surface area contributed by atoms with Crippen molar-refractivity contribution in [3.8, 4) is 17.2 Å². The van der Waals surface area contributed by atoms with Crippen molar-refractivity contribution in [2.45, 2.75) is 59.5 Å². The molecule has 0 aliphatic carbocycles. The Morgan fingerprint density at radius 3 is 2.33 bits per heavy atom. The van der Waals surface area contributed by atoms with E-state index in [0.717, 1.165) is 12.1 Å². The van der Waals surface area contributed by atoms with Gasteiger partial charge in [-0.1, -0.05) is 20.8 Å². The highest BCUT2D eigenvalue weighted by Crippen LogP contribution is 2.41. The van der Waals surface area contributed by atoms with Gasteiger partial charge >= 0.3 is 11.9 Å². The second-order valence-electron chi connectivity index (χ2n) is 8.44. The van der Waals surface area contributed by atoms with Crippen molar-refractivity contribution >= 4 is 22.7 Å². The van der Waals surface area contributed by atoms with Crippen LogP contribution in [-0.2, 0) is 14.3 Å². The SMILES string of the molecule is CC[C@H]1O[C@@H](Oc2cc3cc(C(=O)O)cc(=O)c(O)c3c(O)c2C)[C@H](OC(C)=O)[C@@H](C)[C@H]1C. The summed E-state index contributed by atoms with van der Waals surface area (Å²) in [6.07, 6.45) is -1.16. The molecule has 178 valence electrons. The third kappa shape index (κ3) is 4.59. The number of phenols is 1. The Labute approximate surface area is 190 Å². The second-order valence-corrected chi connectivity index (χ2v) is 8.44. The Morgan fingerprint density at radius 2 is 1.76 bits per heavy atom. The van der Waals surface area contributed by atoms with E-state index < -0.39 is 41.3 Å². The zero-order chi connectivity index (χ0) is 24.6. The van der Waals surface area contributed by atoms with Gasteiger partial charge in [0.25, 0.3) is 0 Å². The molecule has 2 aromatic rings. The van der Waals surface area contributed by atoms with Crippen LogP contribution in [0.25, 0.3) is 10.8 Å². The average molecular weight is 460 g/mol. The molecule has 0 spiro atoms. The normalized spacial score (nSPS) is 24.9. The number of benzene rings is 1. The fourth-order valence-electron chi connectivity index (χ4n) is 4.21. The smallest absolute Gasteiger partial charge is 0.335 e. The molecule has 0 radical (unpaired) electrons. The third-order valence-corrected chi connectivity index (χ3v) is 6.31. The maximum atomic E-state index is 12.2. The van der Waals surface area contributed by atoms with Gasteiger partial charge in [0.05, 0.1) is 17.1 Å². The molecule has 0 aromatic heterocycles. The molecule has 1 fully saturated rings. The maximum absolute atomic E-state index is 12.2. The van der Waals surface area contributed by atoms with Gasteiger partial charge in [0, 0.05) is 24.5 Å². The summed E-state index contributed by atoms with van der Waals surface area (Å²) < 4.78 is 17.7. The number of rotatable bonds is 5. The Bertz CT molecular complexity index is 1160. The first-order chi connectivity index (χ1) is 15.5. The van der Waals surface area contributed by atoms with E-state index in [9.17, 15) is 29.7 Å². The lowest BCUT2D eigenvalue weighted by atomic mass is 9.82. The fourth-order valence-corrected chi connectivity index (χ4v) is 4.21. The maximum Gasteiger partial charge on any atom is 0.335 e. The molecule has 3 N–H and O–H groups in total. The summed E-state index contributed by atoms with van der Waals surface area (Å²) in [5.74, 6) is -2.93. The van der Waals surface area contributed by atoms with Gasteiger partial charge in [-0.05, 0) is 36.8 Å². The van der Waals surface area contributed by atoms with Crippen molar-refractivity contribution in [3.63, 3.8) is 0 Å². The molecule has 2 aromatic carbocycles. The molecule has 0 amide bonds. The molecular weight excluding hydrogens is 432 g/mol. The van der Waals surface area contributed by atoms with Gasteiger partial charge in [-0.15, -0.1) is 0 Å². The van der Waals surface area contributed by atoms with Crippen LogP contribution in [0.2, 0.25) is 0 Å². The van der Waals surface area contributed by atoms with E-state index in [1.54, 1.807) is 0 Å². The minimum Gasteiger partial charge on any atom is -0.507 e. The molecule has 0 bridgehead atoms. The first-order valence-corrected chi connectivity index (χ1v) is 10.7. The Morgan fingerprint density at radius 1 is 1.09 bits per heavy atom. The Kier molecular flexibility index (Phi) is 6.83. The van der Waals surface area contributed by atoms with E-state index in [1.165, 1.54) is 19.9 Å². The van der Waals surface area contributed by atoms with Crippen LogP contribution in [0.5, 0.6) is 17.2 Å². The van der Waals surface area contributed by atoms with E-state index in [4.69, 9.17) is 14.2 Å². The first-order valence-electron chi connectivity index (χ1n) is 10.7. The highest BCUT2D eigenvalue weighted by atomic mass is 16.7. The zero-order valence-electron chi connectivity index (χ0n) is 19.1. The van der Waals surface area contributed by atoms with E-state index in [2.05, 4.69) is 0 Å². The highest BCUT2D eigenvalue weighted by molar-refractivity contribution is 5.99. The number of ether oxygens (including phenoxy) is 3. The zero-order valence-corrected chi connectivity index (χ0v) is 19.1. The fraction of sp³-hybridized carbons (Fsp3) is 0.458. The van der Waals surface area contributed by atoms with Gasteiger partial charge in [0.2, 0.25) is 11.7 Å². The summed E-state index contributed by atoms with van der Waals surface area (Å²) in [5.41, 5.74) is -1.10. The summed E-state index contributed by atoms with van der Waals surface area (Å²) in [5, 5.41) is 30.4. The number of aromatic hydroxyl groups is 2. The predicted molar refractivity (Wildman–Crippen MR) is 119 cm³/mol. The largest absolute Gasteiger partial charge is 0.507 e. The minimum atomic E-state index is -1.37. The lowest BCUT2D eigenvalue weighted by molar-refractivity contribution is -0.247. The molecule has 33 heavy (non-hydrogen) atoms. The lowest BCUT2D eigenvalue weighted by Gasteiger charge is -2.43. The van der Waals surface area contributed by atoms with Gasteiger partial charge in [-0.25, -0.2) is 4.79 Å². The first kappa shape index (κ1) is 24.3. The van der Waals surface area contributed by atoms with Crippen LogP contribution in [0.15, 0.2) is 23.0 Å². The molecule has 1 aliphatic heterocycles. The molecule has 0 saturated carbocycles. The predicted octanol–water partition coefficient (Wildman–Crippen LogP) is 3.34. The van der Waals surface area contributed by atoms with Crippen molar-refractivity contribution in [2.24, 2.45) is 11.8 Å². The van der Waals surface area contributed by atoms with Crippen LogP contribution in [-0.4, -0.2) is 45.8 Å². The Balaban J connectivity index is 2.15. The summed E-state index contributed by atoms with van der Waals surface area (Å²) in [7, 11) is 0. The molecule has 1 saturated heterocycles. The summed E-state index contributed by atoms with van der Waals surface area (Å²) in [4.78, 5) is 35.4. The van der Waals surface area contributed by atoms with E-state index in [1.807, 2.05) is 20.8 Å². The average Bonchev–Trinajstić information content (AvgIpc) is 2.87. The molecule has 1 aliphatic rings. The number of carboxylic acids is 1. The minimum absolute atomic E-state index is 0.0819. The molecule has 5 atom stereocenters. The van der Waals surface area contributed by atoms with E-state index >= 15 is 0 Å². The van der Waals surface area contributed by atoms with Crippen LogP contribution in [0.3, 0.4) is 0 Å². The van der Waals surface area contributed by atoms with Gasteiger partial charge in [0.15, 0.2) is 11.9 Å². The number of aromatic carboxylic acids is 1. The number of esters is 1. The number of phenolic OH excluding ortho intramolecular Hbond substituents is 1. The van der Waals surface area contributed by atoms with Crippen LogP contribution in [0, 0.1) is 18.8 Å². The van der Waals surface area contributed by atoms with Gasteiger partial charge < -0.3 is 29.5 Å². The number of hydrogen-bond donors (Lipinski definition) is 3. The second kappa shape index (κ2) is 9.27. The van der Waals surface area contributed by atoms with Gasteiger partial charge in [0.1, 0.15) is 11.5 Å². The molecule has 9 heteroatoms. The molecule has 3 rings (SSSR count). The standard InChI is InChI=1S/C24H28O9/c1-6-17-10(2)11(3)22(31-13(5)25)24(32-17)33-18-9-14-7-15(23(29)30)8-16(26)21(28)19(14)20(27)12(18)4/h7-11,17,22,24,27H,6H2,1-5H3,(H,26,28)(H,29,30)/t10-,11+,17-,22-,24+/m1/s1. The molecule has 9 nitrogen and oxygen atoms in total. The van der Waals surface area contributed by atoms with E-state index in [0.29, 0.717) is 6.42 Å². The number of carboxylic acid groups (broad SMARTS) is 1. The number of carbonyl (C=O) groups is 2. The third-order valence-electron chi connectivity index (χ3n) is 6.31. The quantitative estimate of drug-likeness (QED) is 0.573. The van der Waals surface area contributed by atoms with Crippen molar-refractivity contribution < 1.29 is 39.1 Å². The topological polar surface area (TPSA) is 140 Å². The van der Waals surface area contributed by atoms with Crippen LogP contribution < -0.4 is 10.2 Å². The summed E-state index contributed by atoms with van der Waals surface area (Å²) in [6, 6.07) is 3.35. The van der Waals surface area contributed by atoms with Crippen LogP contribution >= 0.6 is 0 Å². The number of carbonyl (C=O) groups excluding carboxylic acids is 1. The van der Waals surface area contributed by atoms with Gasteiger partial charge in [-0.2, -0.15) is 0 Å². The molecule has 1 heterocycles. The lowest BCUT2D eigenvalue weighted by Crippen LogP contribution is -2.53.